The number of hydrogen-bond acceptors (Lipinski definition) is 4. The van der Waals surface area contributed by atoms with Crippen LogP contribution in [0, 0.1) is 0 Å². The average Bonchev–Trinajstić information content (AvgIpc) is 2.92. The average molecular weight is 302 g/mol. The first kappa shape index (κ1) is 15.1. The second kappa shape index (κ2) is 6.94. The molecule has 3 rings (SSSR count). The number of piperidine rings is 1. The third kappa shape index (κ3) is 3.15. The summed E-state index contributed by atoms with van der Waals surface area (Å²) < 4.78 is 11.3. The zero-order chi connectivity index (χ0) is 15.4. The van der Waals surface area contributed by atoms with Crippen molar-refractivity contribution in [2.24, 2.45) is 0 Å². The Bertz CT molecular complexity index is 644. The van der Waals surface area contributed by atoms with E-state index in [1.165, 1.54) is 6.42 Å². The molecule has 0 bridgehead atoms. The number of hydrogen-bond donors (Lipinski definition) is 1. The molecule has 1 aromatic carbocycles. The van der Waals surface area contributed by atoms with Gasteiger partial charge in [0.15, 0.2) is 5.76 Å². The fourth-order valence-electron chi connectivity index (χ4n) is 2.83. The number of para-hydroxylation sites is 1. The van der Waals surface area contributed by atoms with E-state index in [1.807, 2.05) is 36.2 Å². The van der Waals surface area contributed by atoms with Crippen molar-refractivity contribution < 1.29 is 13.9 Å². The number of ether oxygens (including phenoxy) is 1. The van der Waals surface area contributed by atoms with Gasteiger partial charge in [0.1, 0.15) is 5.58 Å². The Morgan fingerprint density at radius 1 is 1.27 bits per heavy atom. The molecule has 0 radical (unpaired) electrons. The van der Waals surface area contributed by atoms with Crippen LogP contribution in [0.3, 0.4) is 0 Å². The summed E-state index contributed by atoms with van der Waals surface area (Å²) in [5.41, 5.74) is 4.51. The Balaban J connectivity index is 1.85. The fraction of sp³-hybridized carbons (Fsp3) is 0.471. The predicted molar refractivity (Wildman–Crippen MR) is 84.4 cm³/mol. The summed E-state index contributed by atoms with van der Waals surface area (Å²) in [6.45, 7) is 4.72. The van der Waals surface area contributed by atoms with E-state index < -0.39 is 0 Å². The van der Waals surface area contributed by atoms with Gasteiger partial charge < -0.3 is 9.15 Å². The first-order valence-electron chi connectivity index (χ1n) is 7.93. The normalized spacial score (nSPS) is 16.0. The van der Waals surface area contributed by atoms with Crippen LogP contribution >= 0.6 is 0 Å². The summed E-state index contributed by atoms with van der Waals surface area (Å²) >= 11 is 0. The van der Waals surface area contributed by atoms with Crippen LogP contribution in [-0.2, 0) is 11.3 Å². The SMILES string of the molecule is CCOCc1c(C(=O)NN2CCCCC2)oc2ccccc12. The summed E-state index contributed by atoms with van der Waals surface area (Å²) in [4.78, 5) is 12.6. The van der Waals surface area contributed by atoms with Gasteiger partial charge in [-0.25, -0.2) is 5.01 Å². The highest BCUT2D eigenvalue weighted by Gasteiger charge is 2.22. The van der Waals surface area contributed by atoms with Crippen LogP contribution in [-0.4, -0.2) is 30.6 Å². The third-order valence-corrected chi connectivity index (χ3v) is 3.97. The zero-order valence-corrected chi connectivity index (χ0v) is 12.9. The maximum absolute atomic E-state index is 12.6. The molecule has 1 amide bonds. The minimum Gasteiger partial charge on any atom is -0.450 e. The zero-order valence-electron chi connectivity index (χ0n) is 12.9. The van der Waals surface area contributed by atoms with Gasteiger partial charge in [-0.15, -0.1) is 0 Å². The molecule has 118 valence electrons. The van der Waals surface area contributed by atoms with Gasteiger partial charge >= 0.3 is 5.91 Å². The molecule has 22 heavy (non-hydrogen) atoms. The minimum absolute atomic E-state index is 0.187. The van der Waals surface area contributed by atoms with Gasteiger partial charge in [-0.05, 0) is 25.8 Å². The summed E-state index contributed by atoms with van der Waals surface area (Å²) in [5, 5.41) is 2.92. The number of nitrogens with one attached hydrogen (secondary N) is 1. The molecule has 2 heterocycles. The molecule has 0 unspecified atom stereocenters. The van der Waals surface area contributed by atoms with E-state index in [0.29, 0.717) is 19.0 Å². The monoisotopic (exact) mass is 302 g/mol. The molecule has 1 aliphatic heterocycles. The molecule has 1 aromatic heterocycles. The number of carbonyl (C=O) groups excluding carboxylic acids is 1. The maximum atomic E-state index is 12.6. The second-order valence-corrected chi connectivity index (χ2v) is 5.53. The van der Waals surface area contributed by atoms with E-state index in [9.17, 15) is 4.79 Å². The lowest BCUT2D eigenvalue weighted by Crippen LogP contribution is -2.45. The quantitative estimate of drug-likeness (QED) is 0.922. The van der Waals surface area contributed by atoms with Gasteiger partial charge in [0.25, 0.3) is 0 Å². The molecule has 1 N–H and O–H groups in total. The second-order valence-electron chi connectivity index (χ2n) is 5.53. The summed E-state index contributed by atoms with van der Waals surface area (Å²) in [5.74, 6) is 0.174. The molecule has 2 aromatic rings. The number of nitrogens with zero attached hydrogens (tertiary/aromatic N) is 1. The van der Waals surface area contributed by atoms with E-state index in [2.05, 4.69) is 5.43 Å². The summed E-state index contributed by atoms with van der Waals surface area (Å²) in [6, 6.07) is 7.69. The molecule has 1 saturated heterocycles. The van der Waals surface area contributed by atoms with Gasteiger partial charge in [-0.2, -0.15) is 0 Å². The highest BCUT2D eigenvalue weighted by atomic mass is 16.5. The molecule has 0 spiro atoms. The number of amides is 1. The molecular formula is C17H22N2O3. The molecule has 1 aliphatic rings. The number of furan rings is 1. The van der Waals surface area contributed by atoms with Gasteiger partial charge in [0.2, 0.25) is 0 Å². The number of carbonyl (C=O) groups is 1. The van der Waals surface area contributed by atoms with Crippen LogP contribution in [0.4, 0.5) is 0 Å². The smallest absolute Gasteiger partial charge is 0.301 e. The van der Waals surface area contributed by atoms with E-state index in [4.69, 9.17) is 9.15 Å². The van der Waals surface area contributed by atoms with Gasteiger partial charge in [0.05, 0.1) is 6.61 Å². The highest BCUT2D eigenvalue weighted by molar-refractivity contribution is 5.98. The number of benzene rings is 1. The Morgan fingerprint density at radius 2 is 2.05 bits per heavy atom. The van der Waals surface area contributed by atoms with Crippen molar-refractivity contribution in [3.05, 3.63) is 35.6 Å². The van der Waals surface area contributed by atoms with Crippen LogP contribution in [0.1, 0.15) is 42.3 Å². The largest absolute Gasteiger partial charge is 0.450 e. The van der Waals surface area contributed by atoms with Gasteiger partial charge in [-0.1, -0.05) is 24.6 Å². The highest BCUT2D eigenvalue weighted by Crippen LogP contribution is 2.26. The van der Waals surface area contributed by atoms with Crippen molar-refractivity contribution >= 4 is 16.9 Å². The van der Waals surface area contributed by atoms with Crippen molar-refractivity contribution in [3.8, 4) is 0 Å². The molecule has 0 aliphatic carbocycles. The Hall–Kier alpha value is -1.85. The maximum Gasteiger partial charge on any atom is 0.301 e. The van der Waals surface area contributed by atoms with Crippen LogP contribution in [0.2, 0.25) is 0 Å². The van der Waals surface area contributed by atoms with Crippen molar-refractivity contribution in [2.75, 3.05) is 19.7 Å². The third-order valence-electron chi connectivity index (χ3n) is 3.97. The number of fused-ring (bicyclic) bond motifs is 1. The first-order valence-corrected chi connectivity index (χ1v) is 7.93. The van der Waals surface area contributed by atoms with Crippen LogP contribution < -0.4 is 5.43 Å². The molecule has 0 saturated carbocycles. The number of hydrazine groups is 1. The lowest BCUT2D eigenvalue weighted by Gasteiger charge is -2.26. The lowest BCUT2D eigenvalue weighted by atomic mass is 10.1. The van der Waals surface area contributed by atoms with E-state index in [-0.39, 0.29) is 5.91 Å². The standard InChI is InChI=1S/C17H22N2O3/c1-2-21-12-14-13-8-4-5-9-15(13)22-16(14)17(20)18-19-10-6-3-7-11-19/h4-5,8-9H,2-3,6-7,10-12H2,1H3,(H,18,20). The first-order chi connectivity index (χ1) is 10.8. The van der Waals surface area contributed by atoms with Crippen LogP contribution in [0.15, 0.2) is 28.7 Å². The van der Waals surface area contributed by atoms with Crippen molar-refractivity contribution in [1.82, 2.24) is 10.4 Å². The molecule has 1 fully saturated rings. The molecule has 5 nitrogen and oxygen atoms in total. The Morgan fingerprint density at radius 3 is 2.82 bits per heavy atom. The molecular weight excluding hydrogens is 280 g/mol. The molecule has 0 atom stereocenters. The van der Waals surface area contributed by atoms with Crippen molar-refractivity contribution in [3.63, 3.8) is 0 Å². The van der Waals surface area contributed by atoms with Crippen LogP contribution in [0.5, 0.6) is 0 Å². The summed E-state index contributed by atoms with van der Waals surface area (Å²) in [6.07, 6.45) is 3.46. The predicted octanol–water partition coefficient (Wildman–Crippen LogP) is 3.10. The number of rotatable bonds is 5. The van der Waals surface area contributed by atoms with Gasteiger partial charge in [-0.3, -0.25) is 10.2 Å². The Labute approximate surface area is 130 Å². The van der Waals surface area contributed by atoms with Crippen molar-refractivity contribution in [1.29, 1.82) is 0 Å². The molecule has 5 heteroatoms. The van der Waals surface area contributed by atoms with Crippen molar-refractivity contribution in [2.45, 2.75) is 32.8 Å². The van der Waals surface area contributed by atoms with Gasteiger partial charge in [0, 0.05) is 30.6 Å². The van der Waals surface area contributed by atoms with Crippen LogP contribution in [0.25, 0.3) is 11.0 Å². The minimum atomic E-state index is -0.187. The Kier molecular flexibility index (Phi) is 4.75. The van der Waals surface area contributed by atoms with E-state index >= 15 is 0 Å². The van der Waals surface area contributed by atoms with E-state index in [0.717, 1.165) is 42.5 Å². The lowest BCUT2D eigenvalue weighted by molar-refractivity contribution is 0.0714. The fourth-order valence-corrected chi connectivity index (χ4v) is 2.83. The van der Waals surface area contributed by atoms with E-state index in [1.54, 1.807) is 0 Å². The topological polar surface area (TPSA) is 54.7 Å². The summed E-state index contributed by atoms with van der Waals surface area (Å²) in [7, 11) is 0.